The number of rotatable bonds is 8. The number of aryl methyl sites for hydroxylation is 2. The largest absolute Gasteiger partial charge is 0.356 e. The Morgan fingerprint density at radius 1 is 1.37 bits per heavy atom. The topological polar surface area (TPSA) is 76.9 Å². The molecule has 1 amide bonds. The van der Waals surface area contributed by atoms with Gasteiger partial charge < -0.3 is 10.1 Å². The molecule has 0 atom stereocenters. The van der Waals surface area contributed by atoms with Crippen LogP contribution >= 0.6 is 0 Å². The van der Waals surface area contributed by atoms with E-state index in [1.807, 2.05) is 0 Å². The molecule has 0 fully saturated rings. The molecule has 6 heteroatoms. The molecular weight excluding hydrogens is 244 g/mol. The Morgan fingerprint density at radius 3 is 2.74 bits per heavy atom. The second-order valence-corrected chi connectivity index (χ2v) is 5.12. The van der Waals surface area contributed by atoms with E-state index in [-0.39, 0.29) is 11.7 Å². The first-order chi connectivity index (χ1) is 8.97. The Bertz CT molecular complexity index is 426. The van der Waals surface area contributed by atoms with Gasteiger partial charge in [0, 0.05) is 25.6 Å². The number of carbonyl (C=O) groups is 2. The Hall–Kier alpha value is -1.72. The SMILES string of the molecule is CC(=O)CCc1cn(CCC(=O)NCC(C)C)nn1. The summed E-state index contributed by atoms with van der Waals surface area (Å²) in [5.74, 6) is 0.616. The summed E-state index contributed by atoms with van der Waals surface area (Å²) in [6, 6.07) is 0. The molecule has 0 aliphatic rings. The molecule has 106 valence electrons. The molecule has 1 rings (SSSR count). The van der Waals surface area contributed by atoms with Gasteiger partial charge in [0.1, 0.15) is 5.78 Å². The fraction of sp³-hybridized carbons (Fsp3) is 0.692. The predicted molar refractivity (Wildman–Crippen MR) is 71.5 cm³/mol. The minimum Gasteiger partial charge on any atom is -0.356 e. The number of nitrogens with one attached hydrogen (secondary N) is 1. The second kappa shape index (κ2) is 7.66. The van der Waals surface area contributed by atoms with Crippen molar-refractivity contribution < 1.29 is 9.59 Å². The first-order valence-electron chi connectivity index (χ1n) is 6.62. The summed E-state index contributed by atoms with van der Waals surface area (Å²) in [6.45, 7) is 6.87. The maximum absolute atomic E-state index is 11.5. The smallest absolute Gasteiger partial charge is 0.221 e. The summed E-state index contributed by atoms with van der Waals surface area (Å²) in [4.78, 5) is 22.4. The van der Waals surface area contributed by atoms with Crippen LogP contribution in [0.4, 0.5) is 0 Å². The summed E-state index contributed by atoms with van der Waals surface area (Å²) in [5.41, 5.74) is 0.790. The van der Waals surface area contributed by atoms with Crippen LogP contribution in [0.25, 0.3) is 0 Å². The van der Waals surface area contributed by atoms with Crippen molar-refractivity contribution in [1.82, 2.24) is 20.3 Å². The first-order valence-corrected chi connectivity index (χ1v) is 6.62. The van der Waals surface area contributed by atoms with Crippen LogP contribution in [-0.2, 0) is 22.6 Å². The Kier molecular flexibility index (Phi) is 6.18. The first kappa shape index (κ1) is 15.3. The van der Waals surface area contributed by atoms with Gasteiger partial charge in [0.2, 0.25) is 5.91 Å². The average molecular weight is 266 g/mol. The van der Waals surface area contributed by atoms with E-state index in [0.717, 1.165) is 5.69 Å². The Morgan fingerprint density at radius 2 is 2.11 bits per heavy atom. The van der Waals surface area contributed by atoms with Crippen LogP contribution in [0.5, 0.6) is 0 Å². The molecule has 1 N–H and O–H groups in total. The van der Waals surface area contributed by atoms with Gasteiger partial charge in [0.05, 0.1) is 12.2 Å². The molecular formula is C13H22N4O2. The minimum absolute atomic E-state index is 0.0227. The van der Waals surface area contributed by atoms with E-state index < -0.39 is 0 Å². The third-order valence-corrected chi connectivity index (χ3v) is 2.59. The average Bonchev–Trinajstić information content (AvgIpc) is 2.79. The van der Waals surface area contributed by atoms with Gasteiger partial charge in [0.15, 0.2) is 0 Å². The zero-order chi connectivity index (χ0) is 14.3. The number of ketones is 1. The summed E-state index contributed by atoms with van der Waals surface area (Å²) in [7, 11) is 0. The van der Waals surface area contributed by atoms with Crippen LogP contribution in [0.15, 0.2) is 6.20 Å². The van der Waals surface area contributed by atoms with Crippen LogP contribution in [0.1, 0.15) is 39.3 Å². The molecule has 1 heterocycles. The summed E-state index contributed by atoms with van der Waals surface area (Å²) < 4.78 is 1.64. The molecule has 0 saturated heterocycles. The van der Waals surface area contributed by atoms with E-state index >= 15 is 0 Å². The zero-order valence-electron chi connectivity index (χ0n) is 11.8. The van der Waals surface area contributed by atoms with Crippen LogP contribution in [0.2, 0.25) is 0 Å². The molecule has 6 nitrogen and oxygen atoms in total. The van der Waals surface area contributed by atoms with Crippen LogP contribution in [0, 0.1) is 5.92 Å². The number of hydrogen-bond acceptors (Lipinski definition) is 4. The van der Waals surface area contributed by atoms with Gasteiger partial charge in [-0.3, -0.25) is 9.48 Å². The highest BCUT2D eigenvalue weighted by Gasteiger charge is 2.06. The fourth-order valence-electron chi connectivity index (χ4n) is 1.49. The summed E-state index contributed by atoms with van der Waals surface area (Å²) in [6.07, 6.45) is 3.27. The molecule has 0 radical (unpaired) electrons. The Balaban J connectivity index is 2.29. The number of hydrogen-bond donors (Lipinski definition) is 1. The maximum Gasteiger partial charge on any atom is 0.221 e. The van der Waals surface area contributed by atoms with Gasteiger partial charge in [-0.2, -0.15) is 0 Å². The van der Waals surface area contributed by atoms with Gasteiger partial charge in [-0.15, -0.1) is 5.10 Å². The molecule has 0 unspecified atom stereocenters. The molecule has 19 heavy (non-hydrogen) atoms. The minimum atomic E-state index is 0.0227. The van der Waals surface area contributed by atoms with Gasteiger partial charge in [0.25, 0.3) is 0 Å². The zero-order valence-corrected chi connectivity index (χ0v) is 11.8. The normalized spacial score (nSPS) is 10.7. The number of amides is 1. The Labute approximate surface area is 113 Å². The third kappa shape index (κ3) is 6.69. The molecule has 0 bridgehead atoms. The highest BCUT2D eigenvalue weighted by Crippen LogP contribution is 2.00. The molecule has 0 spiro atoms. The van der Waals surface area contributed by atoms with Crippen molar-refractivity contribution in [2.45, 2.75) is 46.6 Å². The molecule has 0 aromatic carbocycles. The van der Waals surface area contributed by atoms with E-state index in [0.29, 0.717) is 38.3 Å². The number of aromatic nitrogens is 3. The van der Waals surface area contributed by atoms with E-state index in [4.69, 9.17) is 0 Å². The van der Waals surface area contributed by atoms with Crippen LogP contribution in [-0.4, -0.2) is 33.2 Å². The fourth-order valence-corrected chi connectivity index (χ4v) is 1.49. The van der Waals surface area contributed by atoms with E-state index in [1.165, 1.54) is 0 Å². The number of carbonyl (C=O) groups excluding carboxylic acids is 2. The standard InChI is InChI=1S/C13H22N4O2/c1-10(2)8-14-13(19)6-7-17-9-12(15-16-17)5-4-11(3)18/h9-10H,4-8H2,1-3H3,(H,14,19). The van der Waals surface area contributed by atoms with Crippen molar-refractivity contribution >= 4 is 11.7 Å². The summed E-state index contributed by atoms with van der Waals surface area (Å²) >= 11 is 0. The van der Waals surface area contributed by atoms with Crippen molar-refractivity contribution in [3.05, 3.63) is 11.9 Å². The lowest BCUT2D eigenvalue weighted by Crippen LogP contribution is -2.28. The molecule has 0 aliphatic carbocycles. The second-order valence-electron chi connectivity index (χ2n) is 5.12. The van der Waals surface area contributed by atoms with Crippen molar-refractivity contribution in [3.63, 3.8) is 0 Å². The van der Waals surface area contributed by atoms with Crippen LogP contribution < -0.4 is 5.32 Å². The molecule has 0 aliphatic heterocycles. The van der Waals surface area contributed by atoms with E-state index in [2.05, 4.69) is 29.5 Å². The molecule has 0 saturated carbocycles. The number of nitrogens with zero attached hydrogens (tertiary/aromatic N) is 3. The third-order valence-electron chi connectivity index (χ3n) is 2.59. The maximum atomic E-state index is 11.5. The van der Waals surface area contributed by atoms with Gasteiger partial charge >= 0.3 is 0 Å². The summed E-state index contributed by atoms with van der Waals surface area (Å²) in [5, 5.41) is 10.8. The molecule has 1 aromatic heterocycles. The monoisotopic (exact) mass is 266 g/mol. The van der Waals surface area contributed by atoms with Gasteiger partial charge in [-0.05, 0) is 19.3 Å². The van der Waals surface area contributed by atoms with Crippen molar-refractivity contribution in [2.75, 3.05) is 6.54 Å². The highest BCUT2D eigenvalue weighted by molar-refractivity contribution is 5.76. The lowest BCUT2D eigenvalue weighted by atomic mass is 10.2. The van der Waals surface area contributed by atoms with E-state index in [1.54, 1.807) is 17.8 Å². The van der Waals surface area contributed by atoms with Crippen molar-refractivity contribution in [1.29, 1.82) is 0 Å². The predicted octanol–water partition coefficient (Wildman–Crippen LogP) is 0.962. The van der Waals surface area contributed by atoms with Gasteiger partial charge in [-0.25, -0.2) is 0 Å². The quantitative estimate of drug-likeness (QED) is 0.760. The lowest BCUT2D eigenvalue weighted by molar-refractivity contribution is -0.121. The number of Topliss-reactive ketones (excluding diaryl/α,β-unsaturated/α-hetero) is 1. The van der Waals surface area contributed by atoms with Crippen LogP contribution in [0.3, 0.4) is 0 Å². The lowest BCUT2D eigenvalue weighted by Gasteiger charge is -2.07. The molecule has 1 aromatic rings. The van der Waals surface area contributed by atoms with Crippen molar-refractivity contribution in [3.8, 4) is 0 Å². The van der Waals surface area contributed by atoms with Gasteiger partial charge in [-0.1, -0.05) is 19.1 Å². The highest BCUT2D eigenvalue weighted by atomic mass is 16.1. The van der Waals surface area contributed by atoms with Crippen molar-refractivity contribution in [2.24, 2.45) is 5.92 Å². The van der Waals surface area contributed by atoms with E-state index in [9.17, 15) is 9.59 Å².